The Bertz CT molecular complexity index is 1160. The predicted molar refractivity (Wildman–Crippen MR) is 125 cm³/mol. The number of amides is 1. The number of ether oxygens (including phenoxy) is 2. The number of aromatic nitrogens is 2. The van der Waals surface area contributed by atoms with Gasteiger partial charge in [0.25, 0.3) is 5.56 Å². The fraction of sp³-hybridized carbons (Fsp3) is 0.280. The average molecular weight is 450 g/mol. The summed E-state index contributed by atoms with van der Waals surface area (Å²) in [7, 11) is 0. The van der Waals surface area contributed by atoms with Crippen molar-refractivity contribution in [3.63, 3.8) is 0 Å². The molecule has 3 rings (SSSR count). The lowest BCUT2D eigenvalue weighted by atomic mass is 10.1. The molecule has 0 unspecified atom stereocenters. The Kier molecular flexibility index (Phi) is 8.35. The first-order valence-electron chi connectivity index (χ1n) is 10.9. The van der Waals surface area contributed by atoms with Crippen LogP contribution in [0, 0.1) is 0 Å². The first-order chi connectivity index (χ1) is 16.0. The van der Waals surface area contributed by atoms with Crippen LogP contribution < -0.4 is 15.6 Å². The summed E-state index contributed by atoms with van der Waals surface area (Å²) in [6.45, 7) is 4.77. The van der Waals surface area contributed by atoms with Crippen molar-refractivity contribution in [2.24, 2.45) is 0 Å². The van der Waals surface area contributed by atoms with Gasteiger partial charge in [0, 0.05) is 24.6 Å². The third-order valence-corrected chi connectivity index (χ3v) is 4.80. The number of para-hydroxylation sites is 1. The second kappa shape index (κ2) is 11.6. The lowest BCUT2D eigenvalue weighted by molar-refractivity contribution is -0.116. The lowest BCUT2D eigenvalue weighted by Crippen LogP contribution is -2.23. The Hall–Kier alpha value is -3.94. The number of rotatable bonds is 10. The van der Waals surface area contributed by atoms with Crippen molar-refractivity contribution >= 4 is 17.6 Å². The molecule has 8 heteroatoms. The zero-order chi connectivity index (χ0) is 23.6. The minimum atomic E-state index is -0.491. The number of hydrogen-bond acceptors (Lipinski definition) is 6. The average Bonchev–Trinajstić information content (AvgIpc) is 2.81. The van der Waals surface area contributed by atoms with Crippen LogP contribution in [0.15, 0.2) is 65.5 Å². The topological polar surface area (TPSA) is 99.5 Å². The number of nitrogens with zero attached hydrogens (tertiary/aromatic N) is 2. The molecule has 1 aromatic heterocycles. The molecule has 0 radical (unpaired) electrons. The van der Waals surface area contributed by atoms with Crippen LogP contribution in [-0.2, 0) is 16.1 Å². The highest BCUT2D eigenvalue weighted by molar-refractivity contribution is 6.01. The van der Waals surface area contributed by atoms with Gasteiger partial charge in [-0.05, 0) is 62.7 Å². The maximum Gasteiger partial charge on any atom is 0.340 e. The molecule has 0 saturated heterocycles. The molecule has 8 nitrogen and oxygen atoms in total. The molecule has 0 aliphatic heterocycles. The van der Waals surface area contributed by atoms with Crippen molar-refractivity contribution in [2.75, 3.05) is 18.5 Å². The maximum atomic E-state index is 12.4. The fourth-order valence-corrected chi connectivity index (χ4v) is 3.23. The Labute approximate surface area is 192 Å². The number of hydrogen-bond donors (Lipinski definition) is 1. The van der Waals surface area contributed by atoms with E-state index >= 15 is 0 Å². The van der Waals surface area contributed by atoms with Crippen LogP contribution in [0.3, 0.4) is 0 Å². The Morgan fingerprint density at radius 1 is 0.970 bits per heavy atom. The van der Waals surface area contributed by atoms with E-state index in [9.17, 15) is 14.4 Å². The van der Waals surface area contributed by atoms with Gasteiger partial charge in [0.05, 0.1) is 30.2 Å². The molecule has 2 aromatic carbocycles. The van der Waals surface area contributed by atoms with Gasteiger partial charge in [0.2, 0.25) is 5.91 Å². The zero-order valence-corrected chi connectivity index (χ0v) is 18.7. The van der Waals surface area contributed by atoms with E-state index in [1.165, 1.54) is 10.7 Å². The molecule has 0 aliphatic carbocycles. The van der Waals surface area contributed by atoms with Crippen molar-refractivity contribution in [3.8, 4) is 17.0 Å². The highest BCUT2D eigenvalue weighted by atomic mass is 16.5. The van der Waals surface area contributed by atoms with E-state index in [1.54, 1.807) is 37.3 Å². The van der Waals surface area contributed by atoms with E-state index in [4.69, 9.17) is 9.47 Å². The molecule has 0 aliphatic rings. The van der Waals surface area contributed by atoms with Crippen molar-refractivity contribution in [3.05, 3.63) is 76.6 Å². The molecule has 3 aromatic rings. The molecule has 1 N–H and O–H groups in total. The summed E-state index contributed by atoms with van der Waals surface area (Å²) in [5.41, 5.74) is 1.98. The number of benzene rings is 2. The monoisotopic (exact) mass is 449 g/mol. The van der Waals surface area contributed by atoms with Crippen LogP contribution in [-0.4, -0.2) is 34.9 Å². The Morgan fingerprint density at radius 3 is 2.45 bits per heavy atom. The third kappa shape index (κ3) is 6.52. The first kappa shape index (κ1) is 23.7. The van der Waals surface area contributed by atoms with Gasteiger partial charge in [-0.3, -0.25) is 9.59 Å². The van der Waals surface area contributed by atoms with Crippen LogP contribution in [0.4, 0.5) is 5.69 Å². The van der Waals surface area contributed by atoms with Crippen molar-refractivity contribution in [1.82, 2.24) is 9.78 Å². The largest absolute Gasteiger partial charge is 0.494 e. The first-order valence-corrected chi connectivity index (χ1v) is 10.9. The van der Waals surface area contributed by atoms with E-state index in [-0.39, 0.29) is 31.0 Å². The minimum Gasteiger partial charge on any atom is -0.494 e. The molecular weight excluding hydrogens is 422 g/mol. The zero-order valence-electron chi connectivity index (χ0n) is 18.7. The summed E-state index contributed by atoms with van der Waals surface area (Å²) >= 11 is 0. The normalized spacial score (nSPS) is 10.5. The second-order valence-electron chi connectivity index (χ2n) is 7.16. The van der Waals surface area contributed by atoms with Crippen molar-refractivity contribution < 1.29 is 19.1 Å². The van der Waals surface area contributed by atoms with Crippen LogP contribution in [0.5, 0.6) is 5.75 Å². The quantitative estimate of drug-likeness (QED) is 0.471. The summed E-state index contributed by atoms with van der Waals surface area (Å²) in [5, 5.41) is 7.17. The van der Waals surface area contributed by atoms with Gasteiger partial charge in [0.15, 0.2) is 0 Å². The number of esters is 1. The SMILES string of the molecule is CCOC(=O)c1ccccc1NC(=O)CCCn1nc(-c2ccc(OCC)cc2)ccc1=O. The van der Waals surface area contributed by atoms with E-state index < -0.39 is 5.97 Å². The highest BCUT2D eigenvalue weighted by Crippen LogP contribution is 2.20. The third-order valence-electron chi connectivity index (χ3n) is 4.80. The predicted octanol–water partition coefficient (Wildman–Crippen LogP) is 3.90. The maximum absolute atomic E-state index is 12.4. The van der Waals surface area contributed by atoms with Crippen molar-refractivity contribution in [2.45, 2.75) is 33.2 Å². The van der Waals surface area contributed by atoms with Gasteiger partial charge in [-0.1, -0.05) is 12.1 Å². The fourth-order valence-electron chi connectivity index (χ4n) is 3.23. The molecule has 33 heavy (non-hydrogen) atoms. The summed E-state index contributed by atoms with van der Waals surface area (Å²) < 4.78 is 11.8. The van der Waals surface area contributed by atoms with Crippen LogP contribution in [0.1, 0.15) is 37.0 Å². The number of aryl methyl sites for hydroxylation is 1. The van der Waals surface area contributed by atoms with E-state index in [0.29, 0.717) is 30.0 Å². The highest BCUT2D eigenvalue weighted by Gasteiger charge is 2.14. The van der Waals surface area contributed by atoms with Gasteiger partial charge in [-0.15, -0.1) is 0 Å². The van der Waals surface area contributed by atoms with Gasteiger partial charge in [0.1, 0.15) is 5.75 Å². The van der Waals surface area contributed by atoms with Gasteiger partial charge < -0.3 is 14.8 Å². The van der Waals surface area contributed by atoms with Gasteiger partial charge in [-0.25, -0.2) is 9.48 Å². The Balaban J connectivity index is 1.61. The van der Waals surface area contributed by atoms with Gasteiger partial charge >= 0.3 is 5.97 Å². The van der Waals surface area contributed by atoms with Gasteiger partial charge in [-0.2, -0.15) is 5.10 Å². The standard InChI is InChI=1S/C25H27N3O5/c1-3-32-19-13-11-18(12-14-19)21-15-16-24(30)28(27-21)17-7-10-23(29)26-22-9-6-5-8-20(22)25(31)33-4-2/h5-6,8-9,11-16H,3-4,7,10,17H2,1-2H3,(H,26,29). The molecule has 0 saturated carbocycles. The molecule has 0 fully saturated rings. The van der Waals surface area contributed by atoms with E-state index in [0.717, 1.165) is 11.3 Å². The van der Waals surface area contributed by atoms with E-state index in [2.05, 4.69) is 10.4 Å². The minimum absolute atomic E-state index is 0.165. The Morgan fingerprint density at radius 2 is 1.73 bits per heavy atom. The number of carbonyl (C=O) groups excluding carboxylic acids is 2. The molecule has 0 spiro atoms. The molecule has 0 bridgehead atoms. The van der Waals surface area contributed by atoms with Crippen molar-refractivity contribution in [1.29, 1.82) is 0 Å². The number of carbonyl (C=O) groups is 2. The summed E-state index contributed by atoms with van der Waals surface area (Å²) in [6, 6.07) is 17.3. The number of nitrogens with one attached hydrogen (secondary N) is 1. The lowest BCUT2D eigenvalue weighted by Gasteiger charge is -2.11. The summed E-state index contributed by atoms with van der Waals surface area (Å²) in [4.78, 5) is 36.7. The van der Waals surface area contributed by atoms with Crippen LogP contribution >= 0.6 is 0 Å². The summed E-state index contributed by atoms with van der Waals surface area (Å²) in [6.07, 6.45) is 0.575. The summed E-state index contributed by atoms with van der Waals surface area (Å²) in [5.74, 6) is 0.0165. The molecule has 1 amide bonds. The number of anilines is 1. The van der Waals surface area contributed by atoms with E-state index in [1.807, 2.05) is 31.2 Å². The molecule has 1 heterocycles. The van der Waals surface area contributed by atoms with Crippen LogP contribution in [0.2, 0.25) is 0 Å². The van der Waals surface area contributed by atoms with Crippen LogP contribution in [0.25, 0.3) is 11.3 Å². The molecule has 0 atom stereocenters. The smallest absolute Gasteiger partial charge is 0.340 e. The second-order valence-corrected chi connectivity index (χ2v) is 7.16. The molecular formula is C25H27N3O5. The molecule has 172 valence electrons.